The molecule has 0 fully saturated rings. The standard InChI is InChI=1S/C21H26FN3/c1-14(2)12-25-16(4)15(3)19-10-11-23-21(20(19)25)24(5)13-17-6-8-18(22)9-7-17/h6-11,14H,12-13H2,1-5H3. The Kier molecular flexibility index (Phi) is 4.80. The Morgan fingerprint density at radius 2 is 1.80 bits per heavy atom. The lowest BCUT2D eigenvalue weighted by Crippen LogP contribution is -2.19. The summed E-state index contributed by atoms with van der Waals surface area (Å²) in [4.78, 5) is 6.82. The number of halogens is 1. The first-order valence-electron chi connectivity index (χ1n) is 8.78. The molecule has 0 saturated heterocycles. The van der Waals surface area contributed by atoms with Crippen molar-refractivity contribution in [2.24, 2.45) is 5.92 Å². The largest absolute Gasteiger partial charge is 0.354 e. The van der Waals surface area contributed by atoms with Gasteiger partial charge in [0, 0.05) is 37.4 Å². The number of hydrogen-bond donors (Lipinski definition) is 0. The van der Waals surface area contributed by atoms with Gasteiger partial charge >= 0.3 is 0 Å². The zero-order valence-corrected chi connectivity index (χ0v) is 15.7. The van der Waals surface area contributed by atoms with Crippen LogP contribution in [0, 0.1) is 25.6 Å². The van der Waals surface area contributed by atoms with Crippen LogP contribution in [0.3, 0.4) is 0 Å². The van der Waals surface area contributed by atoms with E-state index in [1.807, 2.05) is 25.4 Å². The molecule has 3 aromatic rings. The Balaban J connectivity index is 2.05. The molecule has 0 atom stereocenters. The van der Waals surface area contributed by atoms with Gasteiger partial charge in [-0.05, 0) is 49.1 Å². The van der Waals surface area contributed by atoms with Crippen LogP contribution >= 0.6 is 0 Å². The molecular formula is C21H26FN3. The fourth-order valence-corrected chi connectivity index (χ4v) is 3.39. The average Bonchev–Trinajstić information content (AvgIpc) is 2.81. The zero-order valence-electron chi connectivity index (χ0n) is 15.7. The number of anilines is 1. The second-order valence-corrected chi connectivity index (χ2v) is 7.23. The third-order valence-electron chi connectivity index (χ3n) is 4.77. The minimum Gasteiger partial charge on any atom is -0.354 e. The number of benzene rings is 1. The Morgan fingerprint density at radius 1 is 1.12 bits per heavy atom. The van der Waals surface area contributed by atoms with Gasteiger partial charge in [0.05, 0.1) is 5.52 Å². The summed E-state index contributed by atoms with van der Waals surface area (Å²) in [6, 6.07) is 8.77. The average molecular weight is 339 g/mol. The molecule has 0 aliphatic heterocycles. The molecule has 0 unspecified atom stereocenters. The van der Waals surface area contributed by atoms with Crippen molar-refractivity contribution in [3.05, 3.63) is 59.2 Å². The maximum absolute atomic E-state index is 13.1. The Bertz CT molecular complexity index is 878. The van der Waals surface area contributed by atoms with Crippen molar-refractivity contribution in [1.82, 2.24) is 9.55 Å². The summed E-state index contributed by atoms with van der Waals surface area (Å²) in [7, 11) is 2.04. The molecule has 2 heterocycles. The second kappa shape index (κ2) is 6.87. The van der Waals surface area contributed by atoms with Crippen LogP contribution in [0.2, 0.25) is 0 Å². The number of nitrogens with zero attached hydrogens (tertiary/aromatic N) is 3. The van der Waals surface area contributed by atoms with Gasteiger partial charge in [0.1, 0.15) is 5.82 Å². The fraction of sp³-hybridized carbons (Fsp3) is 0.381. The maximum atomic E-state index is 13.1. The molecule has 0 radical (unpaired) electrons. The maximum Gasteiger partial charge on any atom is 0.153 e. The number of rotatable bonds is 5. The van der Waals surface area contributed by atoms with Crippen molar-refractivity contribution in [2.45, 2.75) is 40.8 Å². The van der Waals surface area contributed by atoms with Gasteiger partial charge in [-0.3, -0.25) is 0 Å². The monoisotopic (exact) mass is 339 g/mol. The topological polar surface area (TPSA) is 21.1 Å². The van der Waals surface area contributed by atoms with Crippen molar-refractivity contribution in [1.29, 1.82) is 0 Å². The van der Waals surface area contributed by atoms with Gasteiger partial charge in [-0.15, -0.1) is 0 Å². The van der Waals surface area contributed by atoms with Crippen LogP contribution < -0.4 is 4.90 Å². The van der Waals surface area contributed by atoms with Crippen molar-refractivity contribution >= 4 is 16.7 Å². The Morgan fingerprint density at radius 3 is 2.44 bits per heavy atom. The Hall–Kier alpha value is -2.36. The van der Waals surface area contributed by atoms with Crippen molar-refractivity contribution in [3.8, 4) is 0 Å². The molecule has 1 aromatic carbocycles. The first-order chi connectivity index (χ1) is 11.9. The van der Waals surface area contributed by atoms with Crippen LogP contribution in [-0.4, -0.2) is 16.6 Å². The fourth-order valence-electron chi connectivity index (χ4n) is 3.39. The molecule has 0 saturated carbocycles. The lowest BCUT2D eigenvalue weighted by Gasteiger charge is -2.21. The normalized spacial score (nSPS) is 11.5. The van der Waals surface area contributed by atoms with Crippen molar-refractivity contribution in [3.63, 3.8) is 0 Å². The lowest BCUT2D eigenvalue weighted by atomic mass is 10.2. The highest BCUT2D eigenvalue weighted by atomic mass is 19.1. The summed E-state index contributed by atoms with van der Waals surface area (Å²) in [5.74, 6) is 1.33. The van der Waals surface area contributed by atoms with Crippen LogP contribution in [0.5, 0.6) is 0 Å². The van der Waals surface area contributed by atoms with Gasteiger partial charge in [-0.1, -0.05) is 26.0 Å². The Labute approximate surface area is 149 Å². The molecule has 0 spiro atoms. The molecular weight excluding hydrogens is 313 g/mol. The molecule has 132 valence electrons. The van der Waals surface area contributed by atoms with Crippen LogP contribution in [0.15, 0.2) is 36.5 Å². The highest BCUT2D eigenvalue weighted by molar-refractivity contribution is 5.93. The third kappa shape index (κ3) is 3.39. The van der Waals surface area contributed by atoms with Crippen molar-refractivity contribution in [2.75, 3.05) is 11.9 Å². The minimum absolute atomic E-state index is 0.205. The van der Waals surface area contributed by atoms with Gasteiger partial charge in [0.25, 0.3) is 0 Å². The molecule has 3 nitrogen and oxygen atoms in total. The highest BCUT2D eigenvalue weighted by Crippen LogP contribution is 2.32. The van der Waals surface area contributed by atoms with Gasteiger partial charge in [-0.25, -0.2) is 9.37 Å². The van der Waals surface area contributed by atoms with E-state index in [2.05, 4.69) is 48.2 Å². The van der Waals surface area contributed by atoms with E-state index in [0.29, 0.717) is 12.5 Å². The summed E-state index contributed by atoms with van der Waals surface area (Å²) in [5, 5.41) is 1.26. The third-order valence-corrected chi connectivity index (χ3v) is 4.77. The van der Waals surface area contributed by atoms with Crippen LogP contribution in [0.25, 0.3) is 10.9 Å². The summed E-state index contributed by atoms with van der Waals surface area (Å²) in [6.45, 7) is 10.5. The molecule has 0 aliphatic carbocycles. The number of aryl methyl sites for hydroxylation is 1. The predicted octanol–water partition coefficient (Wildman–Crippen LogP) is 5.08. The summed E-state index contributed by atoms with van der Waals surface area (Å²) in [6.07, 6.45) is 1.88. The van der Waals surface area contributed by atoms with Gasteiger partial charge < -0.3 is 9.47 Å². The van der Waals surface area contributed by atoms with E-state index in [0.717, 1.165) is 17.9 Å². The van der Waals surface area contributed by atoms with Crippen LogP contribution in [0.4, 0.5) is 10.2 Å². The molecule has 3 rings (SSSR count). The van der Waals surface area contributed by atoms with E-state index < -0.39 is 0 Å². The van der Waals surface area contributed by atoms with E-state index in [1.165, 1.54) is 34.3 Å². The van der Waals surface area contributed by atoms with Crippen LogP contribution in [0.1, 0.15) is 30.7 Å². The second-order valence-electron chi connectivity index (χ2n) is 7.23. The molecule has 0 amide bonds. The van der Waals surface area contributed by atoms with Crippen molar-refractivity contribution < 1.29 is 4.39 Å². The first kappa shape index (κ1) is 17.5. The SMILES string of the molecule is Cc1c(C)n(CC(C)C)c2c(N(C)Cc3ccc(F)cc3)nccc12. The molecule has 0 N–H and O–H groups in total. The van der Waals surface area contributed by atoms with E-state index in [9.17, 15) is 4.39 Å². The van der Waals surface area contributed by atoms with E-state index >= 15 is 0 Å². The molecule has 2 aromatic heterocycles. The highest BCUT2D eigenvalue weighted by Gasteiger charge is 2.18. The smallest absolute Gasteiger partial charge is 0.153 e. The van der Waals surface area contributed by atoms with Gasteiger partial charge in [0.15, 0.2) is 5.82 Å². The van der Waals surface area contributed by atoms with Gasteiger partial charge in [-0.2, -0.15) is 0 Å². The minimum atomic E-state index is -0.205. The summed E-state index contributed by atoms with van der Waals surface area (Å²) in [5.41, 5.74) is 4.87. The molecule has 0 aliphatic rings. The number of pyridine rings is 1. The quantitative estimate of drug-likeness (QED) is 0.646. The molecule has 25 heavy (non-hydrogen) atoms. The van der Waals surface area contributed by atoms with Gasteiger partial charge in [0.2, 0.25) is 0 Å². The summed E-state index contributed by atoms with van der Waals surface area (Å²) >= 11 is 0. The zero-order chi connectivity index (χ0) is 18.1. The summed E-state index contributed by atoms with van der Waals surface area (Å²) < 4.78 is 15.5. The number of fused-ring (bicyclic) bond motifs is 1. The first-order valence-corrected chi connectivity index (χ1v) is 8.78. The van der Waals surface area contributed by atoms with E-state index in [1.54, 1.807) is 0 Å². The molecule has 0 bridgehead atoms. The van der Waals surface area contributed by atoms with E-state index in [4.69, 9.17) is 0 Å². The number of aromatic nitrogens is 2. The number of hydrogen-bond acceptors (Lipinski definition) is 2. The lowest BCUT2D eigenvalue weighted by molar-refractivity contribution is 0.527. The predicted molar refractivity (Wildman–Crippen MR) is 103 cm³/mol. The van der Waals surface area contributed by atoms with Crippen LogP contribution in [-0.2, 0) is 13.1 Å². The van der Waals surface area contributed by atoms with E-state index in [-0.39, 0.29) is 5.82 Å². The molecule has 4 heteroatoms.